The largest absolute Gasteiger partial charge is 0.400 e. The first-order valence-electron chi connectivity index (χ1n) is 3.15. The van der Waals surface area contributed by atoms with Crippen molar-refractivity contribution in [2.45, 2.75) is 18.9 Å². The molecule has 1 aliphatic heterocycles. The Morgan fingerprint density at radius 3 is 2.38 bits per heavy atom. The Kier molecular flexibility index (Phi) is 1.86. The summed E-state index contributed by atoms with van der Waals surface area (Å²) in [6, 6.07) is 0.963. The van der Waals surface area contributed by atoms with Crippen molar-refractivity contribution in [3.8, 4) is 0 Å². The quantitative estimate of drug-likeness (QED) is 0.465. The molecule has 8 heavy (non-hydrogen) atoms. The smallest absolute Gasteiger partial charge is 0.0319 e. The van der Waals surface area contributed by atoms with Crippen LogP contribution in [0.2, 0.25) is 0 Å². The SMILES string of the molecule is C1CC2CC2N1.CO. The highest BCUT2D eigenvalue weighted by molar-refractivity contribution is 4.98. The Balaban J connectivity index is 0.000000147. The van der Waals surface area contributed by atoms with Gasteiger partial charge < -0.3 is 10.4 Å². The fourth-order valence-electron chi connectivity index (χ4n) is 1.27. The maximum atomic E-state index is 7.00. The number of rotatable bonds is 0. The van der Waals surface area contributed by atoms with Crippen LogP contribution in [-0.4, -0.2) is 24.8 Å². The van der Waals surface area contributed by atoms with Gasteiger partial charge in [0.15, 0.2) is 0 Å². The lowest BCUT2D eigenvalue weighted by Gasteiger charge is -1.86. The third-order valence-electron chi connectivity index (χ3n) is 1.84. The Morgan fingerprint density at radius 2 is 2.25 bits per heavy atom. The normalized spacial score (nSPS) is 39.8. The number of aliphatic hydroxyl groups excluding tert-OH is 1. The van der Waals surface area contributed by atoms with Crippen molar-refractivity contribution in [3.05, 3.63) is 0 Å². The number of hydrogen-bond donors (Lipinski definition) is 2. The highest BCUT2D eigenvalue weighted by Crippen LogP contribution is 2.37. The van der Waals surface area contributed by atoms with Gasteiger partial charge in [-0.25, -0.2) is 0 Å². The molecule has 1 saturated heterocycles. The summed E-state index contributed by atoms with van der Waals surface area (Å²) in [5.74, 6) is 1.10. The van der Waals surface area contributed by atoms with Gasteiger partial charge in [-0.2, -0.15) is 0 Å². The van der Waals surface area contributed by atoms with Crippen LogP contribution < -0.4 is 5.32 Å². The lowest BCUT2D eigenvalue weighted by atomic mass is 10.3. The summed E-state index contributed by atoms with van der Waals surface area (Å²) >= 11 is 0. The summed E-state index contributed by atoms with van der Waals surface area (Å²) in [4.78, 5) is 0. The Morgan fingerprint density at radius 1 is 1.50 bits per heavy atom. The third kappa shape index (κ3) is 1.01. The number of aliphatic hydroxyl groups is 1. The number of fused-ring (bicyclic) bond motifs is 1. The van der Waals surface area contributed by atoms with Gasteiger partial charge in [-0.1, -0.05) is 0 Å². The molecule has 0 radical (unpaired) electrons. The van der Waals surface area contributed by atoms with E-state index in [9.17, 15) is 0 Å². The molecule has 2 N–H and O–H groups in total. The van der Waals surface area contributed by atoms with E-state index in [4.69, 9.17) is 5.11 Å². The van der Waals surface area contributed by atoms with Gasteiger partial charge in [0, 0.05) is 13.2 Å². The van der Waals surface area contributed by atoms with Gasteiger partial charge in [0.05, 0.1) is 0 Å². The van der Waals surface area contributed by atoms with Crippen LogP contribution in [0.5, 0.6) is 0 Å². The fourth-order valence-corrected chi connectivity index (χ4v) is 1.27. The maximum Gasteiger partial charge on any atom is 0.0319 e. The Labute approximate surface area is 49.9 Å². The molecule has 1 heterocycles. The highest BCUT2D eigenvalue weighted by Gasteiger charge is 2.40. The molecule has 2 atom stereocenters. The molecule has 2 nitrogen and oxygen atoms in total. The van der Waals surface area contributed by atoms with E-state index in [0.717, 1.165) is 19.1 Å². The van der Waals surface area contributed by atoms with Crippen molar-refractivity contribution in [3.63, 3.8) is 0 Å². The molecule has 0 bridgehead atoms. The zero-order chi connectivity index (χ0) is 5.98. The molecule has 0 amide bonds. The van der Waals surface area contributed by atoms with E-state index in [1.807, 2.05) is 0 Å². The third-order valence-corrected chi connectivity index (χ3v) is 1.84. The molecule has 2 aliphatic rings. The minimum atomic E-state index is 0.963. The van der Waals surface area contributed by atoms with Crippen LogP contribution in [0.25, 0.3) is 0 Å². The zero-order valence-electron chi connectivity index (χ0n) is 5.22. The van der Waals surface area contributed by atoms with Crippen LogP contribution in [0.15, 0.2) is 0 Å². The van der Waals surface area contributed by atoms with E-state index < -0.39 is 0 Å². The lowest BCUT2D eigenvalue weighted by molar-refractivity contribution is 0.399. The van der Waals surface area contributed by atoms with Crippen LogP contribution in [0, 0.1) is 5.92 Å². The van der Waals surface area contributed by atoms with Gasteiger partial charge in [0.2, 0.25) is 0 Å². The van der Waals surface area contributed by atoms with Crippen molar-refractivity contribution in [1.29, 1.82) is 0 Å². The van der Waals surface area contributed by atoms with E-state index in [1.165, 1.54) is 19.4 Å². The Bertz CT molecular complexity index is 66.9. The Hall–Kier alpha value is -0.0800. The second-order valence-electron chi connectivity index (χ2n) is 2.35. The average molecular weight is 115 g/mol. The molecular weight excluding hydrogens is 102 g/mol. The molecule has 0 aromatic rings. The fraction of sp³-hybridized carbons (Fsp3) is 1.00. The topological polar surface area (TPSA) is 32.3 Å². The van der Waals surface area contributed by atoms with Crippen LogP contribution in [0.1, 0.15) is 12.8 Å². The van der Waals surface area contributed by atoms with Gasteiger partial charge in [-0.15, -0.1) is 0 Å². The van der Waals surface area contributed by atoms with Crippen molar-refractivity contribution < 1.29 is 5.11 Å². The van der Waals surface area contributed by atoms with Gasteiger partial charge in [-0.3, -0.25) is 0 Å². The monoisotopic (exact) mass is 115 g/mol. The van der Waals surface area contributed by atoms with Crippen LogP contribution in [-0.2, 0) is 0 Å². The summed E-state index contributed by atoms with van der Waals surface area (Å²) in [5.41, 5.74) is 0. The summed E-state index contributed by atoms with van der Waals surface area (Å²) in [7, 11) is 1.00. The number of piperidine rings is 1. The van der Waals surface area contributed by atoms with Crippen LogP contribution in [0.3, 0.4) is 0 Å². The van der Waals surface area contributed by atoms with Crippen molar-refractivity contribution in [2.24, 2.45) is 5.92 Å². The van der Waals surface area contributed by atoms with Crippen LogP contribution in [0.4, 0.5) is 0 Å². The van der Waals surface area contributed by atoms with Crippen molar-refractivity contribution in [2.75, 3.05) is 13.7 Å². The molecule has 2 rings (SSSR count). The summed E-state index contributed by atoms with van der Waals surface area (Å²) < 4.78 is 0. The molecule has 1 saturated carbocycles. The second kappa shape index (κ2) is 2.46. The molecule has 0 spiro atoms. The predicted octanol–water partition coefficient (Wildman–Crippen LogP) is -0.0233. The van der Waals surface area contributed by atoms with Gasteiger partial charge in [-0.05, 0) is 25.3 Å². The van der Waals surface area contributed by atoms with E-state index in [-0.39, 0.29) is 0 Å². The highest BCUT2D eigenvalue weighted by atomic mass is 16.2. The number of nitrogens with one attached hydrogen (secondary N) is 1. The van der Waals surface area contributed by atoms with E-state index in [2.05, 4.69) is 5.32 Å². The second-order valence-corrected chi connectivity index (χ2v) is 2.35. The molecule has 48 valence electrons. The van der Waals surface area contributed by atoms with E-state index in [1.54, 1.807) is 0 Å². The lowest BCUT2D eigenvalue weighted by Crippen LogP contribution is -2.10. The standard InChI is InChI=1S/C5H9N.CH4O/c1-2-6-5-3-4(1)5;1-2/h4-6H,1-3H2;2H,1H3. The van der Waals surface area contributed by atoms with Gasteiger partial charge in [0.1, 0.15) is 0 Å². The predicted molar refractivity (Wildman–Crippen MR) is 32.7 cm³/mol. The first-order valence-corrected chi connectivity index (χ1v) is 3.15. The molecular formula is C6H13NO. The van der Waals surface area contributed by atoms with Crippen LogP contribution >= 0.6 is 0 Å². The summed E-state index contributed by atoms with van der Waals surface area (Å²) in [5, 5.41) is 10.4. The molecule has 1 aliphatic carbocycles. The zero-order valence-corrected chi connectivity index (χ0v) is 5.22. The molecule has 2 heteroatoms. The van der Waals surface area contributed by atoms with Crippen molar-refractivity contribution >= 4 is 0 Å². The summed E-state index contributed by atoms with van der Waals surface area (Å²) in [6.45, 7) is 1.29. The number of hydrogen-bond acceptors (Lipinski definition) is 2. The first kappa shape index (κ1) is 6.05. The van der Waals surface area contributed by atoms with E-state index >= 15 is 0 Å². The van der Waals surface area contributed by atoms with Crippen molar-refractivity contribution in [1.82, 2.24) is 5.32 Å². The maximum absolute atomic E-state index is 7.00. The average Bonchev–Trinajstić information content (AvgIpc) is 2.46. The molecule has 2 unspecified atom stereocenters. The minimum absolute atomic E-state index is 0.963. The molecule has 0 aromatic heterocycles. The minimum Gasteiger partial charge on any atom is -0.400 e. The van der Waals surface area contributed by atoms with Gasteiger partial charge >= 0.3 is 0 Å². The molecule has 0 aromatic carbocycles. The first-order chi connectivity index (χ1) is 3.97. The van der Waals surface area contributed by atoms with E-state index in [0.29, 0.717) is 0 Å². The summed E-state index contributed by atoms with van der Waals surface area (Å²) in [6.07, 6.45) is 2.92. The van der Waals surface area contributed by atoms with Gasteiger partial charge in [0.25, 0.3) is 0 Å². The molecule has 2 fully saturated rings.